The van der Waals surface area contributed by atoms with E-state index >= 15 is 0 Å². The number of nitrogens with one attached hydrogen (secondary N) is 1. The second-order valence-corrected chi connectivity index (χ2v) is 4.66. The summed E-state index contributed by atoms with van der Waals surface area (Å²) in [4.78, 5) is 34.1. The predicted molar refractivity (Wildman–Crippen MR) is 73.3 cm³/mol. The van der Waals surface area contributed by atoms with Gasteiger partial charge in [0, 0.05) is 25.2 Å². The zero-order valence-corrected chi connectivity index (χ0v) is 11.4. The molecular weight excluding hydrogens is 264 g/mol. The van der Waals surface area contributed by atoms with Crippen LogP contribution in [-0.2, 0) is 4.79 Å². The number of nitrogens with two attached hydrogens (primary N) is 1. The third-order valence-corrected chi connectivity index (χ3v) is 2.78. The van der Waals surface area contributed by atoms with Crippen LogP contribution in [0.2, 0.25) is 0 Å². The molecule has 8 nitrogen and oxygen atoms in total. The minimum atomic E-state index is -0.811. The summed E-state index contributed by atoms with van der Waals surface area (Å²) in [5.74, 6) is -0.583. The second kappa shape index (κ2) is 6.80. The van der Waals surface area contributed by atoms with Gasteiger partial charge in [-0.1, -0.05) is 13.8 Å². The van der Waals surface area contributed by atoms with Crippen molar-refractivity contribution in [3.8, 4) is 0 Å². The maximum Gasteiger partial charge on any atom is 0.285 e. The van der Waals surface area contributed by atoms with E-state index < -0.39 is 16.5 Å². The smallest absolute Gasteiger partial charge is 0.285 e. The maximum atomic E-state index is 12.1. The van der Waals surface area contributed by atoms with E-state index in [2.05, 4.69) is 5.32 Å². The average Bonchev–Trinajstić information content (AvgIpc) is 2.38. The molecule has 0 saturated heterocycles. The summed E-state index contributed by atoms with van der Waals surface area (Å²) in [7, 11) is 0. The van der Waals surface area contributed by atoms with Crippen LogP contribution < -0.4 is 16.6 Å². The molecule has 1 amide bonds. The molecule has 0 aliphatic carbocycles. The second-order valence-electron chi connectivity index (χ2n) is 4.66. The fourth-order valence-corrected chi connectivity index (χ4v) is 1.87. The Balaban J connectivity index is 3.21. The molecule has 0 saturated carbocycles. The van der Waals surface area contributed by atoms with E-state index in [1.165, 1.54) is 0 Å². The van der Waals surface area contributed by atoms with Crippen molar-refractivity contribution < 1.29 is 9.72 Å². The SMILES string of the molecule is CC(C)C(C(=O)NCCN)n1cc([N+](=O)[O-])ccc1=O. The van der Waals surface area contributed by atoms with Gasteiger partial charge in [0.2, 0.25) is 5.91 Å². The minimum absolute atomic E-state index is 0.201. The first-order valence-corrected chi connectivity index (χ1v) is 6.22. The molecule has 1 rings (SSSR count). The number of hydrogen-bond donors (Lipinski definition) is 2. The van der Waals surface area contributed by atoms with Crippen LogP contribution in [0.25, 0.3) is 0 Å². The molecular formula is C12H18N4O4. The lowest BCUT2D eigenvalue weighted by molar-refractivity contribution is -0.385. The van der Waals surface area contributed by atoms with E-state index in [0.29, 0.717) is 0 Å². The molecule has 0 aliphatic rings. The summed E-state index contributed by atoms with van der Waals surface area (Å²) < 4.78 is 1.09. The molecule has 1 atom stereocenters. The Kier molecular flexibility index (Phi) is 5.39. The van der Waals surface area contributed by atoms with Gasteiger partial charge in [-0.25, -0.2) is 0 Å². The molecule has 0 radical (unpaired) electrons. The Labute approximate surface area is 115 Å². The number of carbonyl (C=O) groups is 1. The van der Waals surface area contributed by atoms with Crippen LogP contribution in [0.3, 0.4) is 0 Å². The first kappa shape index (κ1) is 15.8. The Morgan fingerprint density at radius 1 is 1.50 bits per heavy atom. The highest BCUT2D eigenvalue weighted by Crippen LogP contribution is 2.18. The molecule has 3 N–H and O–H groups in total. The van der Waals surface area contributed by atoms with Crippen molar-refractivity contribution in [1.82, 2.24) is 9.88 Å². The van der Waals surface area contributed by atoms with Gasteiger partial charge in [0.05, 0.1) is 11.1 Å². The number of nitrogens with zero attached hydrogens (tertiary/aromatic N) is 2. The van der Waals surface area contributed by atoms with Crippen LogP contribution in [0, 0.1) is 16.0 Å². The molecule has 1 heterocycles. The summed E-state index contributed by atoms with van der Waals surface area (Å²) in [6.45, 7) is 4.09. The van der Waals surface area contributed by atoms with Gasteiger partial charge in [0.25, 0.3) is 11.2 Å². The number of nitro groups is 1. The number of amides is 1. The summed E-state index contributed by atoms with van der Waals surface area (Å²) in [5, 5.41) is 13.4. The van der Waals surface area contributed by atoms with Gasteiger partial charge in [-0.15, -0.1) is 0 Å². The van der Waals surface area contributed by atoms with Gasteiger partial charge in [-0.2, -0.15) is 0 Å². The number of pyridine rings is 1. The third-order valence-electron chi connectivity index (χ3n) is 2.78. The number of hydrogen-bond acceptors (Lipinski definition) is 5. The van der Waals surface area contributed by atoms with Gasteiger partial charge in [-0.05, 0) is 5.92 Å². The normalized spacial score (nSPS) is 12.2. The van der Waals surface area contributed by atoms with E-state index in [1.54, 1.807) is 13.8 Å². The van der Waals surface area contributed by atoms with Crippen LogP contribution in [0.1, 0.15) is 19.9 Å². The first-order chi connectivity index (χ1) is 9.38. The summed E-state index contributed by atoms with van der Waals surface area (Å²) >= 11 is 0. The third kappa shape index (κ3) is 3.64. The first-order valence-electron chi connectivity index (χ1n) is 6.22. The van der Waals surface area contributed by atoms with Crippen molar-refractivity contribution in [1.29, 1.82) is 0 Å². The molecule has 1 aromatic rings. The Morgan fingerprint density at radius 3 is 2.65 bits per heavy atom. The number of rotatable bonds is 6. The predicted octanol–water partition coefficient (Wildman–Crippen LogP) is 0.0285. The van der Waals surface area contributed by atoms with Crippen LogP contribution in [0.15, 0.2) is 23.1 Å². The van der Waals surface area contributed by atoms with Gasteiger partial charge >= 0.3 is 0 Å². The van der Waals surface area contributed by atoms with Crippen molar-refractivity contribution in [3.05, 3.63) is 38.8 Å². The van der Waals surface area contributed by atoms with Crippen LogP contribution >= 0.6 is 0 Å². The Hall–Kier alpha value is -2.22. The number of carbonyl (C=O) groups excluding carboxylic acids is 1. The molecule has 8 heteroatoms. The van der Waals surface area contributed by atoms with Crippen molar-refractivity contribution in [2.75, 3.05) is 13.1 Å². The van der Waals surface area contributed by atoms with E-state index in [9.17, 15) is 19.7 Å². The van der Waals surface area contributed by atoms with E-state index in [-0.39, 0.29) is 30.6 Å². The summed E-state index contributed by atoms with van der Waals surface area (Å²) in [5.41, 5.74) is 4.62. The molecule has 0 bridgehead atoms. The Morgan fingerprint density at radius 2 is 2.15 bits per heavy atom. The fraction of sp³-hybridized carbons (Fsp3) is 0.500. The Bertz CT molecular complexity index is 553. The summed E-state index contributed by atoms with van der Waals surface area (Å²) in [6, 6.07) is 1.39. The average molecular weight is 282 g/mol. The molecule has 1 unspecified atom stereocenters. The molecule has 110 valence electrons. The highest BCUT2D eigenvalue weighted by Gasteiger charge is 2.25. The zero-order valence-electron chi connectivity index (χ0n) is 11.4. The van der Waals surface area contributed by atoms with E-state index in [4.69, 9.17) is 5.73 Å². The van der Waals surface area contributed by atoms with Crippen molar-refractivity contribution in [3.63, 3.8) is 0 Å². The lowest BCUT2D eigenvalue weighted by Crippen LogP contribution is -2.41. The van der Waals surface area contributed by atoms with Crippen LogP contribution in [-0.4, -0.2) is 28.5 Å². The zero-order chi connectivity index (χ0) is 15.3. The van der Waals surface area contributed by atoms with Crippen LogP contribution in [0.4, 0.5) is 5.69 Å². The van der Waals surface area contributed by atoms with Crippen molar-refractivity contribution in [2.24, 2.45) is 11.7 Å². The fourth-order valence-electron chi connectivity index (χ4n) is 1.87. The topological polar surface area (TPSA) is 120 Å². The number of aromatic nitrogens is 1. The molecule has 1 aromatic heterocycles. The highest BCUT2D eigenvalue weighted by molar-refractivity contribution is 5.80. The van der Waals surface area contributed by atoms with E-state index in [0.717, 1.165) is 22.9 Å². The van der Waals surface area contributed by atoms with Gasteiger partial charge in [0.15, 0.2) is 0 Å². The molecule has 0 spiro atoms. The minimum Gasteiger partial charge on any atom is -0.353 e. The highest BCUT2D eigenvalue weighted by atomic mass is 16.6. The monoisotopic (exact) mass is 282 g/mol. The van der Waals surface area contributed by atoms with Crippen LogP contribution in [0.5, 0.6) is 0 Å². The van der Waals surface area contributed by atoms with Gasteiger partial charge in [0.1, 0.15) is 6.04 Å². The standard InChI is InChI=1S/C12H18N4O4/c1-8(2)11(12(18)14-6-5-13)15-7-9(16(19)20)3-4-10(15)17/h3-4,7-8,11H,5-6,13H2,1-2H3,(H,14,18). The molecule has 0 fully saturated rings. The maximum absolute atomic E-state index is 12.1. The quantitative estimate of drug-likeness (QED) is 0.563. The molecule has 20 heavy (non-hydrogen) atoms. The van der Waals surface area contributed by atoms with Crippen molar-refractivity contribution >= 4 is 11.6 Å². The lowest BCUT2D eigenvalue weighted by Gasteiger charge is -2.22. The van der Waals surface area contributed by atoms with E-state index in [1.807, 2.05) is 0 Å². The summed E-state index contributed by atoms with van der Waals surface area (Å²) in [6.07, 6.45) is 1.09. The van der Waals surface area contributed by atoms with Gasteiger partial charge in [-0.3, -0.25) is 24.3 Å². The van der Waals surface area contributed by atoms with Gasteiger partial charge < -0.3 is 11.1 Å². The largest absolute Gasteiger partial charge is 0.353 e. The lowest BCUT2D eigenvalue weighted by atomic mass is 10.0. The van der Waals surface area contributed by atoms with Crippen molar-refractivity contribution in [2.45, 2.75) is 19.9 Å². The molecule has 0 aromatic carbocycles. The molecule has 0 aliphatic heterocycles.